The molecule has 1 unspecified atom stereocenters. The minimum absolute atomic E-state index is 0.0700. The van der Waals surface area contributed by atoms with Crippen molar-refractivity contribution in [3.05, 3.63) is 64.3 Å². The van der Waals surface area contributed by atoms with Gasteiger partial charge in [-0.15, -0.1) is 0 Å². The maximum absolute atomic E-state index is 12.3. The molecule has 3 aromatic rings. The van der Waals surface area contributed by atoms with E-state index >= 15 is 0 Å². The third kappa shape index (κ3) is 1.93. The minimum atomic E-state index is 0.0700. The van der Waals surface area contributed by atoms with Crippen LogP contribution in [0.5, 0.6) is 5.75 Å². The third-order valence-electron chi connectivity index (χ3n) is 4.38. The van der Waals surface area contributed by atoms with Gasteiger partial charge in [0.25, 0.3) is 0 Å². The Hall–Kier alpha value is -2.26. The highest BCUT2D eigenvalue weighted by molar-refractivity contribution is 6.31. The van der Waals surface area contributed by atoms with Crippen molar-refractivity contribution in [2.45, 2.75) is 12.3 Å². The van der Waals surface area contributed by atoms with Crippen molar-refractivity contribution in [1.82, 2.24) is 4.98 Å². The molecular formula is C18H14ClNO2. The zero-order chi connectivity index (χ0) is 15.3. The van der Waals surface area contributed by atoms with E-state index in [1.165, 1.54) is 0 Å². The summed E-state index contributed by atoms with van der Waals surface area (Å²) >= 11 is 6.02. The summed E-state index contributed by atoms with van der Waals surface area (Å²) in [5.41, 5.74) is 3.97. The minimum Gasteiger partial charge on any atom is -0.497 e. The van der Waals surface area contributed by atoms with E-state index in [0.717, 1.165) is 33.3 Å². The lowest BCUT2D eigenvalue weighted by molar-refractivity contribution is 0.0991. The first-order chi connectivity index (χ1) is 10.7. The quantitative estimate of drug-likeness (QED) is 0.754. The Morgan fingerprint density at radius 2 is 2.05 bits per heavy atom. The molecule has 0 fully saturated rings. The van der Waals surface area contributed by atoms with Crippen LogP contribution in [0.15, 0.2) is 42.6 Å². The summed E-state index contributed by atoms with van der Waals surface area (Å²) in [6.45, 7) is 0. The SMILES string of the molecule is COc1ccc2[nH]cc(C3CC(=O)c4cc(Cl)ccc43)c2c1. The van der Waals surface area contributed by atoms with Gasteiger partial charge >= 0.3 is 0 Å². The zero-order valence-corrected chi connectivity index (χ0v) is 12.8. The third-order valence-corrected chi connectivity index (χ3v) is 4.61. The molecule has 22 heavy (non-hydrogen) atoms. The molecule has 0 spiro atoms. The van der Waals surface area contributed by atoms with Gasteiger partial charge in [0.05, 0.1) is 7.11 Å². The maximum atomic E-state index is 12.3. The van der Waals surface area contributed by atoms with Gasteiger partial charge in [0, 0.05) is 40.0 Å². The van der Waals surface area contributed by atoms with Gasteiger partial charge in [-0.3, -0.25) is 4.79 Å². The fraction of sp³-hybridized carbons (Fsp3) is 0.167. The number of nitrogens with one attached hydrogen (secondary N) is 1. The number of carbonyl (C=O) groups is 1. The molecule has 4 heteroatoms. The number of aromatic nitrogens is 1. The molecule has 0 aliphatic heterocycles. The molecule has 0 bridgehead atoms. The topological polar surface area (TPSA) is 42.1 Å². The second-order valence-corrected chi connectivity index (χ2v) is 6.00. The predicted molar refractivity (Wildman–Crippen MR) is 87.1 cm³/mol. The number of rotatable bonds is 2. The van der Waals surface area contributed by atoms with Crippen LogP contribution in [-0.2, 0) is 0 Å². The van der Waals surface area contributed by atoms with Gasteiger partial charge < -0.3 is 9.72 Å². The first-order valence-electron chi connectivity index (χ1n) is 7.15. The highest BCUT2D eigenvalue weighted by Crippen LogP contribution is 2.42. The van der Waals surface area contributed by atoms with Gasteiger partial charge in [0.15, 0.2) is 5.78 Å². The largest absolute Gasteiger partial charge is 0.497 e. The lowest BCUT2D eigenvalue weighted by Gasteiger charge is -2.10. The molecule has 1 aliphatic rings. The Labute approximate surface area is 132 Å². The lowest BCUT2D eigenvalue weighted by atomic mass is 9.92. The van der Waals surface area contributed by atoms with E-state index in [1.54, 1.807) is 13.2 Å². The molecule has 110 valence electrons. The van der Waals surface area contributed by atoms with Crippen molar-refractivity contribution in [1.29, 1.82) is 0 Å². The highest BCUT2D eigenvalue weighted by atomic mass is 35.5. The van der Waals surface area contributed by atoms with E-state index < -0.39 is 0 Å². The van der Waals surface area contributed by atoms with Crippen LogP contribution in [0.3, 0.4) is 0 Å². The second kappa shape index (κ2) is 4.89. The standard InChI is InChI=1S/C18H14ClNO2/c1-22-11-3-5-17-14(7-11)16(9-20-17)13-8-18(21)15-6-10(19)2-4-12(13)15/h2-7,9,13,20H,8H2,1H3. The maximum Gasteiger partial charge on any atom is 0.164 e. The number of fused-ring (bicyclic) bond motifs is 2. The lowest BCUT2D eigenvalue weighted by Crippen LogP contribution is -1.95. The number of Topliss-reactive ketones (excluding diaryl/α,β-unsaturated/α-hetero) is 1. The summed E-state index contributed by atoms with van der Waals surface area (Å²) in [4.78, 5) is 15.6. The fourth-order valence-corrected chi connectivity index (χ4v) is 3.47. The molecule has 4 rings (SSSR count). The number of ketones is 1. The fourth-order valence-electron chi connectivity index (χ4n) is 3.29. The molecule has 1 atom stereocenters. The number of carbonyl (C=O) groups excluding carboxylic acids is 1. The van der Waals surface area contributed by atoms with Crippen molar-refractivity contribution in [3.63, 3.8) is 0 Å². The van der Waals surface area contributed by atoms with Gasteiger partial charge in [-0.05, 0) is 41.5 Å². The van der Waals surface area contributed by atoms with Gasteiger partial charge in [0.1, 0.15) is 5.75 Å². The van der Waals surface area contributed by atoms with Crippen molar-refractivity contribution >= 4 is 28.3 Å². The summed E-state index contributed by atoms with van der Waals surface area (Å²) in [5.74, 6) is 1.04. The molecule has 3 nitrogen and oxygen atoms in total. The molecule has 0 radical (unpaired) electrons. The van der Waals surface area contributed by atoms with Crippen LogP contribution < -0.4 is 4.74 Å². The van der Waals surface area contributed by atoms with Crippen LogP contribution in [0.1, 0.15) is 33.8 Å². The predicted octanol–water partition coefficient (Wildman–Crippen LogP) is 4.55. The van der Waals surface area contributed by atoms with Gasteiger partial charge in [-0.2, -0.15) is 0 Å². The van der Waals surface area contributed by atoms with E-state index in [0.29, 0.717) is 11.4 Å². The first-order valence-corrected chi connectivity index (χ1v) is 7.53. The smallest absolute Gasteiger partial charge is 0.164 e. The van der Waals surface area contributed by atoms with E-state index in [-0.39, 0.29) is 11.7 Å². The summed E-state index contributed by atoms with van der Waals surface area (Å²) < 4.78 is 5.32. The van der Waals surface area contributed by atoms with Crippen LogP contribution in [-0.4, -0.2) is 17.9 Å². The first kappa shape index (κ1) is 13.4. The van der Waals surface area contributed by atoms with Gasteiger partial charge in [-0.1, -0.05) is 17.7 Å². The Bertz CT molecular complexity index is 897. The Morgan fingerprint density at radius 1 is 1.18 bits per heavy atom. The number of benzene rings is 2. The number of methoxy groups -OCH3 is 1. The molecule has 0 saturated carbocycles. The van der Waals surface area contributed by atoms with Crippen LogP contribution in [0.25, 0.3) is 10.9 Å². The average molecular weight is 312 g/mol. The monoisotopic (exact) mass is 311 g/mol. The molecule has 2 aromatic carbocycles. The number of aromatic amines is 1. The van der Waals surface area contributed by atoms with E-state index in [4.69, 9.17) is 16.3 Å². The highest BCUT2D eigenvalue weighted by Gasteiger charge is 2.32. The van der Waals surface area contributed by atoms with Crippen molar-refractivity contribution in [2.24, 2.45) is 0 Å². The number of hydrogen-bond donors (Lipinski definition) is 1. The van der Waals surface area contributed by atoms with Crippen LogP contribution >= 0.6 is 11.6 Å². The summed E-state index contributed by atoms with van der Waals surface area (Å²) in [7, 11) is 1.66. The van der Waals surface area contributed by atoms with Crippen LogP contribution in [0, 0.1) is 0 Å². The number of halogens is 1. The Morgan fingerprint density at radius 3 is 2.86 bits per heavy atom. The Kier molecular flexibility index (Phi) is 2.98. The normalized spacial score (nSPS) is 17.0. The molecule has 0 amide bonds. The van der Waals surface area contributed by atoms with Crippen molar-refractivity contribution in [3.8, 4) is 5.75 Å². The number of ether oxygens (including phenoxy) is 1. The van der Waals surface area contributed by atoms with E-state index in [2.05, 4.69) is 4.98 Å². The second-order valence-electron chi connectivity index (χ2n) is 5.57. The summed E-state index contributed by atoms with van der Waals surface area (Å²) in [5, 5.41) is 1.70. The molecule has 0 saturated heterocycles. The van der Waals surface area contributed by atoms with E-state index in [1.807, 2.05) is 36.5 Å². The van der Waals surface area contributed by atoms with Crippen molar-refractivity contribution < 1.29 is 9.53 Å². The molecule has 1 heterocycles. The number of hydrogen-bond acceptors (Lipinski definition) is 2. The van der Waals surface area contributed by atoms with Crippen LogP contribution in [0.4, 0.5) is 0 Å². The molecule has 1 aromatic heterocycles. The Balaban J connectivity index is 1.89. The van der Waals surface area contributed by atoms with Gasteiger partial charge in [0.2, 0.25) is 0 Å². The number of H-pyrrole nitrogens is 1. The molecule has 1 aliphatic carbocycles. The molecular weight excluding hydrogens is 298 g/mol. The van der Waals surface area contributed by atoms with Crippen molar-refractivity contribution in [2.75, 3.05) is 7.11 Å². The zero-order valence-electron chi connectivity index (χ0n) is 12.0. The van der Waals surface area contributed by atoms with Gasteiger partial charge in [-0.25, -0.2) is 0 Å². The van der Waals surface area contributed by atoms with E-state index in [9.17, 15) is 4.79 Å². The van der Waals surface area contributed by atoms with Crippen LogP contribution in [0.2, 0.25) is 5.02 Å². The summed E-state index contributed by atoms with van der Waals surface area (Å²) in [6.07, 6.45) is 2.48. The molecule has 1 N–H and O–H groups in total. The average Bonchev–Trinajstić information content (AvgIpc) is 3.08. The summed E-state index contributed by atoms with van der Waals surface area (Å²) in [6, 6.07) is 11.5.